The number of nitrogens with two attached hydrogens (primary N) is 2. The van der Waals surface area contributed by atoms with Crippen molar-refractivity contribution in [2.45, 2.75) is 65.4 Å². The zero-order valence-corrected chi connectivity index (χ0v) is 14.2. The first kappa shape index (κ1) is 18.5. The molecule has 0 aromatic rings. The minimum absolute atomic E-state index is 0.0655. The van der Waals surface area contributed by atoms with Crippen LogP contribution in [0.25, 0.3) is 0 Å². The highest BCUT2D eigenvalue weighted by Gasteiger charge is 2.50. The van der Waals surface area contributed by atoms with Crippen LogP contribution in [0.5, 0.6) is 0 Å². The Morgan fingerprint density at radius 1 is 1.06 bits per heavy atom. The second-order valence-corrected chi connectivity index (χ2v) is 7.70. The Bertz CT molecular complexity index is 257. The molecule has 0 bridgehead atoms. The highest BCUT2D eigenvalue weighted by Crippen LogP contribution is 2.50. The molecule has 0 fully saturated rings. The first-order valence-corrected chi connectivity index (χ1v) is 7.64. The summed E-state index contributed by atoms with van der Waals surface area (Å²) in [6.07, 6.45) is 1.87. The lowest BCUT2D eigenvalue weighted by atomic mass is 9.56. The third kappa shape index (κ3) is 3.75. The molecule has 0 aromatic carbocycles. The Morgan fingerprint density at radius 2 is 1.50 bits per heavy atom. The van der Waals surface area contributed by atoms with Crippen LogP contribution in [0, 0.1) is 16.7 Å². The minimum Gasteiger partial charge on any atom is -0.313 e. The Balaban J connectivity index is 5.01. The third-order valence-corrected chi connectivity index (χ3v) is 6.12. The fraction of sp³-hybridized carbons (Fsp3) is 1.00. The van der Waals surface area contributed by atoms with E-state index in [4.69, 9.17) is 34.7 Å². The second kappa shape index (κ2) is 6.30. The summed E-state index contributed by atoms with van der Waals surface area (Å²) in [5, 5.41) is 0.0976. The average molecular weight is 297 g/mol. The molecule has 4 heteroatoms. The molecule has 18 heavy (non-hydrogen) atoms. The Labute approximate surface area is 123 Å². The molecular formula is C14H30Cl2N2. The summed E-state index contributed by atoms with van der Waals surface area (Å²) in [5.74, 6) is 0.967. The molecule has 0 heterocycles. The zero-order chi connectivity index (χ0) is 14.8. The van der Waals surface area contributed by atoms with E-state index in [1.54, 1.807) is 0 Å². The van der Waals surface area contributed by atoms with E-state index in [-0.39, 0.29) is 16.2 Å². The molecule has 2 unspecified atom stereocenters. The number of rotatable bonds is 7. The molecule has 0 amide bonds. The van der Waals surface area contributed by atoms with Gasteiger partial charge in [-0.3, -0.25) is 0 Å². The van der Waals surface area contributed by atoms with Crippen LogP contribution in [0.4, 0.5) is 0 Å². The van der Waals surface area contributed by atoms with E-state index >= 15 is 0 Å². The van der Waals surface area contributed by atoms with Crippen molar-refractivity contribution in [2.75, 3.05) is 5.88 Å². The zero-order valence-electron chi connectivity index (χ0n) is 12.7. The molecule has 0 aliphatic heterocycles. The smallest absolute Gasteiger partial charge is 0.0665 e. The number of hydrogen-bond acceptors (Lipinski definition) is 2. The Hall–Kier alpha value is 0.500. The van der Waals surface area contributed by atoms with Crippen molar-refractivity contribution in [3.05, 3.63) is 0 Å². The van der Waals surface area contributed by atoms with Crippen LogP contribution in [0.3, 0.4) is 0 Å². The van der Waals surface area contributed by atoms with Gasteiger partial charge < -0.3 is 11.5 Å². The van der Waals surface area contributed by atoms with Crippen LogP contribution in [0.2, 0.25) is 0 Å². The molecule has 2 atom stereocenters. The number of hydrogen-bond donors (Lipinski definition) is 2. The Kier molecular flexibility index (Phi) is 6.47. The summed E-state index contributed by atoms with van der Waals surface area (Å²) in [6.45, 7) is 12.7. The van der Waals surface area contributed by atoms with Gasteiger partial charge in [-0.2, -0.15) is 0 Å². The van der Waals surface area contributed by atoms with Crippen LogP contribution in [-0.4, -0.2) is 16.9 Å². The topological polar surface area (TPSA) is 52.0 Å². The number of alkyl halides is 2. The third-order valence-electron chi connectivity index (χ3n) is 5.25. The molecule has 0 rings (SSSR count). The molecule has 110 valence electrons. The van der Waals surface area contributed by atoms with E-state index in [1.165, 1.54) is 0 Å². The minimum atomic E-state index is -0.742. The van der Waals surface area contributed by atoms with Gasteiger partial charge in [-0.15, -0.1) is 23.2 Å². The van der Waals surface area contributed by atoms with E-state index in [0.29, 0.717) is 11.8 Å². The molecule has 0 aliphatic rings. The van der Waals surface area contributed by atoms with Crippen molar-refractivity contribution in [1.82, 2.24) is 0 Å². The van der Waals surface area contributed by atoms with Gasteiger partial charge in [0.2, 0.25) is 0 Å². The van der Waals surface area contributed by atoms with E-state index in [9.17, 15) is 0 Å². The molecule has 0 aromatic heterocycles. The van der Waals surface area contributed by atoms with Crippen molar-refractivity contribution >= 4 is 23.2 Å². The lowest BCUT2D eigenvalue weighted by Crippen LogP contribution is -2.64. The monoisotopic (exact) mass is 296 g/mol. The van der Waals surface area contributed by atoms with Gasteiger partial charge >= 0.3 is 0 Å². The van der Waals surface area contributed by atoms with Gasteiger partial charge in [-0.25, -0.2) is 0 Å². The van der Waals surface area contributed by atoms with Crippen molar-refractivity contribution in [1.29, 1.82) is 0 Å². The highest BCUT2D eigenvalue weighted by atomic mass is 35.5. The standard InChI is InChI=1S/C14H30Cl2N2/c1-10(11(16)8-7-9-15)12(2,3)13(4,5)14(6,17)18/h10-11H,7-9,17-18H2,1-6H3. The molecule has 0 saturated carbocycles. The predicted molar refractivity (Wildman–Crippen MR) is 83.1 cm³/mol. The quantitative estimate of drug-likeness (QED) is 0.552. The maximum absolute atomic E-state index is 6.51. The number of halogens is 2. The molecular weight excluding hydrogens is 267 g/mol. The van der Waals surface area contributed by atoms with Crippen LogP contribution < -0.4 is 11.5 Å². The van der Waals surface area contributed by atoms with Gasteiger partial charge in [0.1, 0.15) is 0 Å². The Morgan fingerprint density at radius 3 is 1.83 bits per heavy atom. The summed E-state index contributed by atoms with van der Waals surface area (Å²) in [6, 6.07) is 0. The summed E-state index contributed by atoms with van der Waals surface area (Å²) in [5.41, 5.74) is 11.3. The van der Waals surface area contributed by atoms with Gasteiger partial charge in [0, 0.05) is 16.7 Å². The van der Waals surface area contributed by atoms with E-state index < -0.39 is 5.66 Å². The van der Waals surface area contributed by atoms with Crippen molar-refractivity contribution in [2.24, 2.45) is 28.2 Å². The van der Waals surface area contributed by atoms with Gasteiger partial charge in [0.25, 0.3) is 0 Å². The first-order chi connectivity index (χ1) is 7.89. The van der Waals surface area contributed by atoms with E-state index in [1.807, 2.05) is 6.92 Å². The van der Waals surface area contributed by atoms with Crippen molar-refractivity contribution in [3.8, 4) is 0 Å². The van der Waals surface area contributed by atoms with Gasteiger partial charge in [0.05, 0.1) is 5.66 Å². The predicted octanol–water partition coefficient (Wildman–Crippen LogP) is 3.93. The van der Waals surface area contributed by atoms with Gasteiger partial charge in [-0.05, 0) is 31.1 Å². The average Bonchev–Trinajstić information content (AvgIpc) is 2.22. The van der Waals surface area contributed by atoms with Gasteiger partial charge in [-0.1, -0.05) is 34.6 Å². The summed E-state index contributed by atoms with van der Waals surface area (Å²) in [7, 11) is 0. The fourth-order valence-electron chi connectivity index (χ4n) is 2.24. The molecule has 2 nitrogen and oxygen atoms in total. The van der Waals surface area contributed by atoms with Crippen LogP contribution in [0.15, 0.2) is 0 Å². The molecule has 0 spiro atoms. The molecule has 0 aliphatic carbocycles. The molecule has 4 N–H and O–H groups in total. The van der Waals surface area contributed by atoms with Crippen LogP contribution in [-0.2, 0) is 0 Å². The molecule has 0 radical (unpaired) electrons. The normalized spacial score (nSPS) is 17.7. The molecule has 0 saturated heterocycles. The van der Waals surface area contributed by atoms with E-state index in [2.05, 4.69) is 34.6 Å². The lowest BCUT2D eigenvalue weighted by molar-refractivity contribution is -0.0158. The SMILES string of the molecule is CC(C(Cl)CCCCl)C(C)(C)C(C)(C)C(C)(N)N. The van der Waals surface area contributed by atoms with Gasteiger partial charge in [0.15, 0.2) is 0 Å². The first-order valence-electron chi connectivity index (χ1n) is 6.67. The largest absolute Gasteiger partial charge is 0.313 e. The maximum Gasteiger partial charge on any atom is 0.0665 e. The second-order valence-electron chi connectivity index (χ2n) is 6.77. The lowest BCUT2D eigenvalue weighted by Gasteiger charge is -2.53. The summed E-state index contributed by atoms with van der Waals surface area (Å²) in [4.78, 5) is 0. The fourth-order valence-corrected chi connectivity index (χ4v) is 2.86. The summed E-state index contributed by atoms with van der Waals surface area (Å²) >= 11 is 12.2. The van der Waals surface area contributed by atoms with Crippen molar-refractivity contribution in [3.63, 3.8) is 0 Å². The van der Waals surface area contributed by atoms with Crippen molar-refractivity contribution < 1.29 is 0 Å². The van der Waals surface area contributed by atoms with E-state index in [0.717, 1.165) is 12.8 Å². The van der Waals surface area contributed by atoms with Crippen LogP contribution in [0.1, 0.15) is 54.4 Å². The van der Waals surface area contributed by atoms with Crippen LogP contribution >= 0.6 is 23.2 Å². The summed E-state index contributed by atoms with van der Waals surface area (Å²) < 4.78 is 0. The maximum atomic E-state index is 6.51. The highest BCUT2D eigenvalue weighted by molar-refractivity contribution is 6.21.